The van der Waals surface area contributed by atoms with Crippen LogP contribution in [0.3, 0.4) is 0 Å². The number of aromatic nitrogens is 2. The molecule has 5 heteroatoms. The number of carbonyl (C=O) groups excluding carboxylic acids is 2. The van der Waals surface area contributed by atoms with E-state index in [9.17, 15) is 9.59 Å². The molecule has 1 aliphatic rings. The molecule has 1 aliphatic carbocycles. The van der Waals surface area contributed by atoms with Gasteiger partial charge in [-0.3, -0.25) is 19.6 Å². The molecular formula is C21H16N2O3. The molecule has 0 spiro atoms. The van der Waals surface area contributed by atoms with Crippen molar-refractivity contribution in [3.63, 3.8) is 0 Å². The zero-order valence-electron chi connectivity index (χ0n) is 14.4. The molecular weight excluding hydrogens is 328 g/mol. The maximum absolute atomic E-state index is 12.6. The number of pyridine rings is 2. The highest BCUT2D eigenvalue weighted by atomic mass is 16.5. The molecule has 0 unspecified atom stereocenters. The molecule has 3 aromatic rings. The van der Waals surface area contributed by atoms with Gasteiger partial charge in [0.15, 0.2) is 0 Å². The molecule has 2 heterocycles. The largest absolute Gasteiger partial charge is 0.380 e. The molecule has 0 N–H and O–H groups in total. The second-order valence-electron chi connectivity index (χ2n) is 6.32. The highest BCUT2D eigenvalue weighted by Gasteiger charge is 2.32. The number of methoxy groups -OCH3 is 1. The summed E-state index contributed by atoms with van der Waals surface area (Å²) in [6.45, 7) is 2.38. The number of fused-ring (bicyclic) bond motifs is 3. The van der Waals surface area contributed by atoms with Gasteiger partial charge in [-0.2, -0.15) is 0 Å². The fraction of sp³-hybridized carbons (Fsp3) is 0.143. The van der Waals surface area contributed by atoms with E-state index in [-0.39, 0.29) is 0 Å². The van der Waals surface area contributed by atoms with Crippen LogP contribution in [0.15, 0.2) is 48.8 Å². The summed E-state index contributed by atoms with van der Waals surface area (Å²) >= 11 is 0. The van der Waals surface area contributed by atoms with Crippen LogP contribution in [-0.4, -0.2) is 28.6 Å². The Kier molecular flexibility index (Phi) is 3.93. The average Bonchev–Trinajstić information content (AvgIpc) is 2.66. The first-order valence-electron chi connectivity index (χ1n) is 8.23. The molecule has 0 bridgehead atoms. The molecule has 0 saturated heterocycles. The van der Waals surface area contributed by atoms with Crippen molar-refractivity contribution in [1.82, 2.24) is 9.97 Å². The number of hydrogen-bond acceptors (Lipinski definition) is 5. The predicted molar refractivity (Wildman–Crippen MR) is 97.0 cm³/mol. The fourth-order valence-corrected chi connectivity index (χ4v) is 3.12. The number of Topliss-reactive ketones (excluding diaryl/α,β-unsaturated/α-hetero) is 2. The van der Waals surface area contributed by atoms with Crippen LogP contribution in [0.1, 0.15) is 31.8 Å². The lowest BCUT2D eigenvalue weighted by atomic mass is 9.88. The van der Waals surface area contributed by atoms with E-state index in [1.807, 2.05) is 31.2 Å². The summed E-state index contributed by atoms with van der Waals surface area (Å²) < 4.78 is 5.11. The third kappa shape index (κ3) is 2.62. The Balaban J connectivity index is 1.81. The van der Waals surface area contributed by atoms with E-state index < -0.39 is 11.6 Å². The van der Waals surface area contributed by atoms with Crippen molar-refractivity contribution in [2.24, 2.45) is 0 Å². The topological polar surface area (TPSA) is 69.2 Å². The minimum absolute atomic E-state index is 0.303. The molecule has 0 atom stereocenters. The van der Waals surface area contributed by atoms with Crippen LogP contribution in [0.4, 0.5) is 0 Å². The summed E-state index contributed by atoms with van der Waals surface area (Å²) in [6.07, 6.45) is 3.38. The summed E-state index contributed by atoms with van der Waals surface area (Å²) in [6, 6.07) is 11.2. The minimum Gasteiger partial charge on any atom is -0.380 e. The SMILES string of the molecule is COCc1ccc(-c2cnc3c(c2)C(=O)C(=O)c2cc(C)cnc2-3)cc1. The van der Waals surface area contributed by atoms with Crippen molar-refractivity contribution < 1.29 is 14.3 Å². The number of hydrogen-bond donors (Lipinski definition) is 0. The Morgan fingerprint density at radius 3 is 2.12 bits per heavy atom. The summed E-state index contributed by atoms with van der Waals surface area (Å²) in [5, 5.41) is 0. The van der Waals surface area contributed by atoms with Gasteiger partial charge in [0, 0.05) is 25.1 Å². The molecule has 26 heavy (non-hydrogen) atoms. The van der Waals surface area contributed by atoms with E-state index in [4.69, 9.17) is 4.74 Å². The zero-order valence-corrected chi connectivity index (χ0v) is 14.4. The van der Waals surface area contributed by atoms with Crippen LogP contribution in [0.2, 0.25) is 0 Å². The maximum Gasteiger partial charge on any atom is 0.235 e. The zero-order chi connectivity index (χ0) is 18.3. The number of ketones is 2. The van der Waals surface area contributed by atoms with Gasteiger partial charge in [-0.25, -0.2) is 0 Å². The van der Waals surface area contributed by atoms with Crippen molar-refractivity contribution in [2.45, 2.75) is 13.5 Å². The number of benzene rings is 1. The number of rotatable bonds is 3. The van der Waals surface area contributed by atoms with Crippen LogP contribution < -0.4 is 0 Å². The van der Waals surface area contributed by atoms with Crippen molar-refractivity contribution in [1.29, 1.82) is 0 Å². The first-order chi connectivity index (χ1) is 12.6. The monoisotopic (exact) mass is 344 g/mol. The number of aryl methyl sites for hydroxylation is 1. The van der Waals surface area contributed by atoms with E-state index in [0.717, 1.165) is 22.3 Å². The number of nitrogens with zero attached hydrogens (tertiary/aromatic N) is 2. The summed E-state index contributed by atoms with van der Waals surface area (Å²) in [7, 11) is 1.65. The lowest BCUT2D eigenvalue weighted by Gasteiger charge is -2.17. The highest BCUT2D eigenvalue weighted by molar-refractivity contribution is 6.52. The Morgan fingerprint density at radius 2 is 1.46 bits per heavy atom. The molecule has 0 radical (unpaired) electrons. The third-order valence-electron chi connectivity index (χ3n) is 4.43. The average molecular weight is 344 g/mol. The Labute approximate surface area is 150 Å². The summed E-state index contributed by atoms with van der Waals surface area (Å²) in [4.78, 5) is 33.8. The van der Waals surface area contributed by atoms with Gasteiger partial charge < -0.3 is 4.74 Å². The van der Waals surface area contributed by atoms with Gasteiger partial charge >= 0.3 is 0 Å². The molecule has 128 valence electrons. The predicted octanol–water partition coefficient (Wildman–Crippen LogP) is 3.64. The molecule has 2 aromatic heterocycles. The van der Waals surface area contributed by atoms with Crippen LogP contribution in [0.5, 0.6) is 0 Å². The second kappa shape index (κ2) is 6.28. The van der Waals surface area contributed by atoms with Crippen LogP contribution >= 0.6 is 0 Å². The van der Waals surface area contributed by atoms with Gasteiger partial charge in [0.25, 0.3) is 0 Å². The Morgan fingerprint density at radius 1 is 0.846 bits per heavy atom. The first-order valence-corrected chi connectivity index (χ1v) is 8.23. The van der Waals surface area contributed by atoms with Gasteiger partial charge in [0.1, 0.15) is 11.4 Å². The number of carbonyl (C=O) groups is 2. The van der Waals surface area contributed by atoms with E-state index in [2.05, 4.69) is 9.97 Å². The molecule has 0 saturated carbocycles. The van der Waals surface area contributed by atoms with Gasteiger partial charge in [0.2, 0.25) is 11.6 Å². The quantitative estimate of drug-likeness (QED) is 0.679. The van der Waals surface area contributed by atoms with Gasteiger partial charge in [-0.05, 0) is 35.7 Å². The van der Waals surface area contributed by atoms with Crippen molar-refractivity contribution >= 4 is 11.6 Å². The molecule has 0 aliphatic heterocycles. The van der Waals surface area contributed by atoms with Crippen molar-refractivity contribution in [2.75, 3.05) is 7.11 Å². The van der Waals surface area contributed by atoms with Crippen LogP contribution in [0.25, 0.3) is 22.5 Å². The Hall–Kier alpha value is -3.18. The van der Waals surface area contributed by atoms with Crippen molar-refractivity contribution in [3.05, 3.63) is 71.0 Å². The molecule has 4 rings (SSSR count). The molecule has 1 aromatic carbocycles. The normalized spacial score (nSPS) is 12.7. The summed E-state index contributed by atoms with van der Waals surface area (Å²) in [5.41, 5.74) is 5.15. The highest BCUT2D eigenvalue weighted by Crippen LogP contribution is 2.33. The van der Waals surface area contributed by atoms with Gasteiger partial charge in [-0.1, -0.05) is 24.3 Å². The van der Waals surface area contributed by atoms with E-state index >= 15 is 0 Å². The molecule has 0 fully saturated rings. The van der Waals surface area contributed by atoms with Crippen LogP contribution in [-0.2, 0) is 11.3 Å². The lowest BCUT2D eigenvalue weighted by Crippen LogP contribution is -2.23. The third-order valence-corrected chi connectivity index (χ3v) is 4.43. The van der Waals surface area contributed by atoms with Gasteiger partial charge in [-0.15, -0.1) is 0 Å². The lowest BCUT2D eigenvalue weighted by molar-refractivity contribution is 0.0814. The number of ether oxygens (including phenoxy) is 1. The maximum atomic E-state index is 12.6. The van der Waals surface area contributed by atoms with Crippen molar-refractivity contribution in [3.8, 4) is 22.5 Å². The minimum atomic E-state index is -0.537. The molecule has 0 amide bonds. The Bertz CT molecular complexity index is 1040. The van der Waals surface area contributed by atoms with E-state index in [1.165, 1.54) is 0 Å². The van der Waals surface area contributed by atoms with Gasteiger partial charge in [0.05, 0.1) is 17.7 Å². The standard InChI is InChI=1S/C21H16N2O3/c1-12-7-16-18(22-9-12)19-17(21(25)20(16)24)8-15(10-23-19)14-5-3-13(4-6-14)11-26-2/h3-10H,11H2,1-2H3. The molecule has 5 nitrogen and oxygen atoms in total. The fourth-order valence-electron chi connectivity index (χ4n) is 3.12. The second-order valence-corrected chi connectivity index (χ2v) is 6.32. The smallest absolute Gasteiger partial charge is 0.235 e. The van der Waals surface area contributed by atoms with E-state index in [1.54, 1.807) is 31.6 Å². The van der Waals surface area contributed by atoms with Crippen LogP contribution in [0, 0.1) is 6.92 Å². The first kappa shape index (κ1) is 16.3. The van der Waals surface area contributed by atoms with E-state index in [0.29, 0.717) is 29.1 Å². The summed E-state index contributed by atoms with van der Waals surface area (Å²) in [5.74, 6) is -1.07.